The summed E-state index contributed by atoms with van der Waals surface area (Å²) in [5.41, 5.74) is 3.48. The second kappa shape index (κ2) is 6.04. The smallest absolute Gasteiger partial charge is 0.322 e. The predicted molar refractivity (Wildman–Crippen MR) is 89.3 cm³/mol. The maximum atomic E-state index is 11.8. The van der Waals surface area contributed by atoms with Crippen LogP contribution in [0.4, 0.5) is 0 Å². The molecule has 0 aliphatic carbocycles. The maximum absolute atomic E-state index is 11.8. The van der Waals surface area contributed by atoms with Crippen LogP contribution in [0.25, 0.3) is 0 Å². The largest absolute Gasteiger partial charge is 0.367 e. The number of rotatable bonds is 5. The molecule has 0 N–H and O–H groups in total. The molecule has 3 nitrogen and oxygen atoms in total. The molecule has 0 bridgehead atoms. The monoisotopic (exact) mass is 303 g/mol. The van der Waals surface area contributed by atoms with Gasteiger partial charge in [0, 0.05) is 6.92 Å². The van der Waals surface area contributed by atoms with E-state index in [0.717, 1.165) is 25.7 Å². The number of hydrogen-bond donors (Lipinski definition) is 0. The van der Waals surface area contributed by atoms with E-state index < -0.39 is 0 Å². The second-order valence-electron chi connectivity index (χ2n) is 6.40. The summed E-state index contributed by atoms with van der Waals surface area (Å²) >= 11 is 0. The van der Waals surface area contributed by atoms with Gasteiger partial charge in [-0.25, -0.2) is 0 Å². The molecule has 0 aromatic heterocycles. The van der Waals surface area contributed by atoms with E-state index in [4.69, 9.17) is 4.84 Å². The predicted octanol–water partition coefficient (Wildman–Crippen LogP) is 4.82. The van der Waals surface area contributed by atoms with Gasteiger partial charge in [-0.15, -0.1) is 5.06 Å². The minimum atomic E-state index is -0.234. The number of carbonyl (C=O) groups excluding carboxylic acids is 1. The van der Waals surface area contributed by atoms with Gasteiger partial charge in [-0.2, -0.15) is 0 Å². The van der Waals surface area contributed by atoms with Crippen LogP contribution in [0.2, 0.25) is 0 Å². The number of hydroxylamine groups is 2. The Kier molecular flexibility index (Phi) is 4.67. The van der Waals surface area contributed by atoms with Crippen molar-refractivity contribution in [1.82, 2.24) is 5.06 Å². The molecule has 2 rings (SSSR count). The zero-order chi connectivity index (χ0) is 16.5. The Bertz CT molecular complexity index is 557. The van der Waals surface area contributed by atoms with Crippen LogP contribution in [0.15, 0.2) is 18.2 Å². The third-order valence-corrected chi connectivity index (χ3v) is 5.51. The molecule has 0 unspecified atom stereocenters. The highest BCUT2D eigenvalue weighted by Gasteiger charge is 2.57. The highest BCUT2D eigenvalue weighted by atomic mass is 16.7. The van der Waals surface area contributed by atoms with E-state index in [-0.39, 0.29) is 17.0 Å². The van der Waals surface area contributed by atoms with Crippen LogP contribution in [0.5, 0.6) is 0 Å². The quantitative estimate of drug-likeness (QED) is 0.781. The fraction of sp³-hybridized carbons (Fsp3) is 0.632. The maximum Gasteiger partial charge on any atom is 0.322 e. The third-order valence-electron chi connectivity index (χ3n) is 5.51. The van der Waals surface area contributed by atoms with Gasteiger partial charge in [0.05, 0.1) is 11.1 Å². The first-order valence-electron chi connectivity index (χ1n) is 8.52. The second-order valence-corrected chi connectivity index (χ2v) is 6.40. The molecule has 1 aromatic carbocycles. The summed E-state index contributed by atoms with van der Waals surface area (Å²) in [6.45, 7) is 12.4. The van der Waals surface area contributed by atoms with Gasteiger partial charge in [-0.3, -0.25) is 4.79 Å². The van der Waals surface area contributed by atoms with Gasteiger partial charge in [-0.05, 0) is 43.7 Å². The molecular weight excluding hydrogens is 274 g/mol. The van der Waals surface area contributed by atoms with Gasteiger partial charge in [0.1, 0.15) is 0 Å². The molecule has 1 heterocycles. The summed E-state index contributed by atoms with van der Waals surface area (Å²) in [6, 6.07) is 6.69. The van der Waals surface area contributed by atoms with Crippen LogP contribution < -0.4 is 0 Å². The number of nitrogens with zero attached hydrogens (tertiary/aromatic N) is 1. The first-order chi connectivity index (χ1) is 10.4. The Balaban J connectivity index is 2.77. The van der Waals surface area contributed by atoms with E-state index in [1.165, 1.54) is 23.6 Å². The Morgan fingerprint density at radius 3 is 1.95 bits per heavy atom. The minimum Gasteiger partial charge on any atom is -0.367 e. The molecule has 0 saturated carbocycles. The lowest BCUT2D eigenvalue weighted by atomic mass is 9.82. The molecule has 1 aliphatic rings. The summed E-state index contributed by atoms with van der Waals surface area (Å²) < 4.78 is 0. The Hall–Kier alpha value is -1.35. The zero-order valence-electron chi connectivity index (χ0n) is 14.8. The average Bonchev–Trinajstić information content (AvgIpc) is 2.73. The minimum absolute atomic E-state index is 0.222. The van der Waals surface area contributed by atoms with Gasteiger partial charge in [-0.1, -0.05) is 51.5 Å². The highest BCUT2D eigenvalue weighted by Crippen LogP contribution is 2.56. The van der Waals surface area contributed by atoms with E-state index in [2.05, 4.69) is 52.8 Å². The van der Waals surface area contributed by atoms with Crippen molar-refractivity contribution in [2.75, 3.05) is 0 Å². The van der Waals surface area contributed by atoms with Crippen LogP contribution in [0.1, 0.15) is 77.0 Å². The van der Waals surface area contributed by atoms with E-state index in [0.29, 0.717) is 0 Å². The normalized spacial score (nSPS) is 19.0. The van der Waals surface area contributed by atoms with Gasteiger partial charge in [0.2, 0.25) is 0 Å². The fourth-order valence-corrected chi connectivity index (χ4v) is 4.22. The van der Waals surface area contributed by atoms with Crippen molar-refractivity contribution >= 4 is 5.97 Å². The van der Waals surface area contributed by atoms with Crippen LogP contribution in [0, 0.1) is 6.92 Å². The topological polar surface area (TPSA) is 29.5 Å². The Morgan fingerprint density at radius 2 is 1.50 bits per heavy atom. The van der Waals surface area contributed by atoms with Crippen LogP contribution in [-0.4, -0.2) is 11.0 Å². The lowest BCUT2D eigenvalue weighted by Gasteiger charge is -2.44. The van der Waals surface area contributed by atoms with Crippen LogP contribution in [0.3, 0.4) is 0 Å². The van der Waals surface area contributed by atoms with E-state index in [1.54, 1.807) is 0 Å². The average molecular weight is 303 g/mol. The molecule has 1 aromatic rings. The van der Waals surface area contributed by atoms with Gasteiger partial charge in [0.25, 0.3) is 0 Å². The third kappa shape index (κ3) is 2.18. The number of carbonyl (C=O) groups is 1. The Labute approximate surface area is 134 Å². The molecule has 0 amide bonds. The zero-order valence-corrected chi connectivity index (χ0v) is 14.8. The van der Waals surface area contributed by atoms with E-state index >= 15 is 0 Å². The van der Waals surface area contributed by atoms with Crippen molar-refractivity contribution in [3.05, 3.63) is 34.9 Å². The number of aryl methyl sites for hydroxylation is 1. The molecule has 1 aliphatic heterocycles. The number of benzene rings is 1. The standard InChI is InChI=1S/C19H29NO2/c1-7-18(8-2)16-12-11-14(5)13-17(16)19(9-3,10-4)20(18)22-15(6)21/h11-13H,7-10H2,1-6H3. The Morgan fingerprint density at radius 1 is 1.00 bits per heavy atom. The molecule has 3 heteroatoms. The van der Waals surface area contributed by atoms with Crippen molar-refractivity contribution < 1.29 is 9.63 Å². The van der Waals surface area contributed by atoms with Crippen molar-refractivity contribution in [3.8, 4) is 0 Å². The van der Waals surface area contributed by atoms with E-state index in [1.807, 2.05) is 5.06 Å². The van der Waals surface area contributed by atoms with Crippen molar-refractivity contribution in [2.24, 2.45) is 0 Å². The number of fused-ring (bicyclic) bond motifs is 1. The lowest BCUT2D eigenvalue weighted by Crippen LogP contribution is -2.51. The summed E-state index contributed by atoms with van der Waals surface area (Å²) in [4.78, 5) is 17.6. The SMILES string of the molecule is CCC1(CC)c2ccc(C)cc2C(CC)(CC)N1OC(C)=O. The number of hydrogen-bond acceptors (Lipinski definition) is 3. The summed E-state index contributed by atoms with van der Waals surface area (Å²) in [5, 5.41) is 2.03. The molecule has 22 heavy (non-hydrogen) atoms. The summed E-state index contributed by atoms with van der Waals surface area (Å²) in [6.07, 6.45) is 3.70. The first kappa shape index (κ1) is 17.0. The first-order valence-corrected chi connectivity index (χ1v) is 8.52. The molecule has 0 fully saturated rings. The highest BCUT2D eigenvalue weighted by molar-refractivity contribution is 5.66. The van der Waals surface area contributed by atoms with Crippen molar-refractivity contribution in [3.63, 3.8) is 0 Å². The molecule has 0 spiro atoms. The van der Waals surface area contributed by atoms with Gasteiger partial charge < -0.3 is 4.84 Å². The van der Waals surface area contributed by atoms with Crippen LogP contribution >= 0.6 is 0 Å². The van der Waals surface area contributed by atoms with Crippen LogP contribution in [-0.2, 0) is 20.7 Å². The molecular formula is C19H29NO2. The fourth-order valence-electron chi connectivity index (χ4n) is 4.22. The van der Waals surface area contributed by atoms with Gasteiger partial charge >= 0.3 is 5.97 Å². The summed E-state index contributed by atoms with van der Waals surface area (Å²) in [7, 11) is 0. The molecule has 0 atom stereocenters. The van der Waals surface area contributed by atoms with E-state index in [9.17, 15) is 4.79 Å². The molecule has 0 radical (unpaired) electrons. The molecule has 0 saturated heterocycles. The lowest BCUT2D eigenvalue weighted by molar-refractivity contribution is -0.264. The summed E-state index contributed by atoms with van der Waals surface area (Å²) in [5.74, 6) is -0.234. The van der Waals surface area contributed by atoms with Crippen molar-refractivity contribution in [2.45, 2.75) is 78.3 Å². The van der Waals surface area contributed by atoms with Crippen molar-refractivity contribution in [1.29, 1.82) is 0 Å². The molecule has 122 valence electrons. The van der Waals surface area contributed by atoms with Gasteiger partial charge in [0.15, 0.2) is 0 Å².